The Morgan fingerprint density at radius 1 is 1.09 bits per heavy atom. The van der Waals surface area contributed by atoms with Gasteiger partial charge in [0.15, 0.2) is 11.5 Å². The number of benzene rings is 2. The molecule has 0 spiro atoms. The number of carbonyl (C=O) groups is 1. The van der Waals surface area contributed by atoms with Crippen LogP contribution in [0, 0.1) is 0 Å². The van der Waals surface area contributed by atoms with E-state index in [0.29, 0.717) is 16.5 Å². The molecule has 23 heavy (non-hydrogen) atoms. The van der Waals surface area contributed by atoms with Gasteiger partial charge in [-0.2, -0.15) is 0 Å². The minimum Gasteiger partial charge on any atom is -0.493 e. The van der Waals surface area contributed by atoms with Crippen LogP contribution in [0.15, 0.2) is 42.5 Å². The SMILES string of the molecule is CNC(=O)N[C@H](c1ccc(OC)c(OC)c1)c1ccccc1Cl. The van der Waals surface area contributed by atoms with Gasteiger partial charge in [0.05, 0.1) is 20.3 Å². The Bertz CT molecular complexity index is 691. The number of methoxy groups -OCH3 is 2. The maximum Gasteiger partial charge on any atom is 0.315 e. The van der Waals surface area contributed by atoms with Gasteiger partial charge in [0.25, 0.3) is 0 Å². The first kappa shape index (κ1) is 17.0. The van der Waals surface area contributed by atoms with Gasteiger partial charge in [0.1, 0.15) is 0 Å². The minimum absolute atomic E-state index is 0.301. The number of hydrogen-bond acceptors (Lipinski definition) is 3. The molecule has 0 aliphatic heterocycles. The molecule has 2 aromatic carbocycles. The van der Waals surface area contributed by atoms with Crippen molar-refractivity contribution in [2.75, 3.05) is 21.3 Å². The topological polar surface area (TPSA) is 59.6 Å². The molecular formula is C17H19ClN2O3. The largest absolute Gasteiger partial charge is 0.493 e. The number of carbonyl (C=O) groups excluding carboxylic acids is 1. The summed E-state index contributed by atoms with van der Waals surface area (Å²) in [6, 6.07) is 12.2. The van der Waals surface area contributed by atoms with Crippen LogP contribution in [-0.4, -0.2) is 27.3 Å². The van der Waals surface area contributed by atoms with Gasteiger partial charge >= 0.3 is 6.03 Å². The van der Waals surface area contributed by atoms with Crippen molar-refractivity contribution in [1.29, 1.82) is 0 Å². The molecule has 0 aliphatic carbocycles. The van der Waals surface area contributed by atoms with Crippen LogP contribution in [0.3, 0.4) is 0 Å². The monoisotopic (exact) mass is 334 g/mol. The summed E-state index contributed by atoms with van der Waals surface area (Å²) in [5, 5.41) is 6.03. The molecule has 2 aromatic rings. The van der Waals surface area contributed by atoms with E-state index < -0.39 is 6.04 Å². The highest BCUT2D eigenvalue weighted by atomic mass is 35.5. The van der Waals surface area contributed by atoms with E-state index >= 15 is 0 Å². The van der Waals surface area contributed by atoms with Gasteiger partial charge in [-0.3, -0.25) is 0 Å². The first-order chi connectivity index (χ1) is 11.1. The van der Waals surface area contributed by atoms with Gasteiger partial charge in [-0.1, -0.05) is 35.9 Å². The van der Waals surface area contributed by atoms with Crippen molar-refractivity contribution in [1.82, 2.24) is 10.6 Å². The highest BCUT2D eigenvalue weighted by molar-refractivity contribution is 6.31. The van der Waals surface area contributed by atoms with Crippen LogP contribution in [0.1, 0.15) is 17.2 Å². The van der Waals surface area contributed by atoms with Gasteiger partial charge < -0.3 is 20.1 Å². The Hall–Kier alpha value is -2.40. The Labute approximate surface area is 140 Å². The van der Waals surface area contributed by atoms with E-state index in [0.717, 1.165) is 11.1 Å². The number of urea groups is 1. The minimum atomic E-state index is -0.413. The van der Waals surface area contributed by atoms with Gasteiger partial charge in [-0.15, -0.1) is 0 Å². The molecule has 0 bridgehead atoms. The van der Waals surface area contributed by atoms with Crippen molar-refractivity contribution in [3.8, 4) is 11.5 Å². The van der Waals surface area contributed by atoms with E-state index in [2.05, 4.69) is 10.6 Å². The maximum atomic E-state index is 11.8. The summed E-state index contributed by atoms with van der Waals surface area (Å²) in [5.74, 6) is 1.20. The molecule has 0 fully saturated rings. The van der Waals surface area contributed by atoms with Crippen molar-refractivity contribution >= 4 is 17.6 Å². The second-order valence-corrected chi connectivity index (χ2v) is 5.20. The molecule has 1 atom stereocenters. The molecule has 0 unspecified atom stereocenters. The maximum absolute atomic E-state index is 11.8. The summed E-state index contributed by atoms with van der Waals surface area (Å²) in [5.41, 5.74) is 1.63. The second kappa shape index (κ2) is 7.74. The van der Waals surface area contributed by atoms with Crippen LogP contribution in [0.5, 0.6) is 11.5 Å². The molecule has 0 heterocycles. The van der Waals surface area contributed by atoms with Crippen LogP contribution < -0.4 is 20.1 Å². The average Bonchev–Trinajstić information content (AvgIpc) is 2.59. The van der Waals surface area contributed by atoms with Crippen molar-refractivity contribution in [2.24, 2.45) is 0 Å². The number of hydrogen-bond donors (Lipinski definition) is 2. The summed E-state index contributed by atoms with van der Waals surface area (Å²) >= 11 is 6.30. The Morgan fingerprint density at radius 2 is 1.78 bits per heavy atom. The Morgan fingerprint density at radius 3 is 2.39 bits per heavy atom. The fourth-order valence-corrected chi connectivity index (χ4v) is 2.53. The van der Waals surface area contributed by atoms with E-state index in [9.17, 15) is 4.79 Å². The van der Waals surface area contributed by atoms with Crippen molar-refractivity contribution < 1.29 is 14.3 Å². The van der Waals surface area contributed by atoms with Crippen LogP contribution >= 0.6 is 11.6 Å². The zero-order valence-electron chi connectivity index (χ0n) is 13.2. The molecular weight excluding hydrogens is 316 g/mol. The Balaban J connectivity index is 2.49. The molecule has 6 heteroatoms. The molecule has 2 amide bonds. The van der Waals surface area contributed by atoms with Gasteiger partial charge in [0.2, 0.25) is 0 Å². The van der Waals surface area contributed by atoms with E-state index in [1.807, 2.05) is 30.3 Å². The average molecular weight is 335 g/mol. The smallest absolute Gasteiger partial charge is 0.315 e. The van der Waals surface area contributed by atoms with Crippen molar-refractivity contribution in [3.63, 3.8) is 0 Å². The lowest BCUT2D eigenvalue weighted by Crippen LogP contribution is -2.36. The predicted molar refractivity (Wildman–Crippen MR) is 90.4 cm³/mol. The fraction of sp³-hybridized carbons (Fsp3) is 0.235. The molecule has 2 N–H and O–H groups in total. The van der Waals surface area contributed by atoms with Crippen LogP contribution in [0.4, 0.5) is 4.79 Å². The summed E-state index contributed by atoms with van der Waals surface area (Å²) in [6.45, 7) is 0. The molecule has 0 saturated heterocycles. The van der Waals surface area contributed by atoms with E-state index in [-0.39, 0.29) is 6.03 Å². The lowest BCUT2D eigenvalue weighted by molar-refractivity contribution is 0.240. The number of ether oxygens (including phenoxy) is 2. The number of rotatable bonds is 5. The highest BCUT2D eigenvalue weighted by Gasteiger charge is 2.20. The van der Waals surface area contributed by atoms with Gasteiger partial charge in [-0.05, 0) is 29.3 Å². The fourth-order valence-electron chi connectivity index (χ4n) is 2.29. The quantitative estimate of drug-likeness (QED) is 0.881. The molecule has 5 nitrogen and oxygen atoms in total. The molecule has 0 radical (unpaired) electrons. The zero-order chi connectivity index (χ0) is 16.8. The van der Waals surface area contributed by atoms with E-state index in [1.54, 1.807) is 33.4 Å². The summed E-state index contributed by atoms with van der Waals surface area (Å²) in [7, 11) is 4.71. The van der Waals surface area contributed by atoms with Crippen molar-refractivity contribution in [3.05, 3.63) is 58.6 Å². The number of halogens is 1. The normalized spacial score (nSPS) is 11.5. The third kappa shape index (κ3) is 3.87. The summed E-state index contributed by atoms with van der Waals surface area (Å²) < 4.78 is 10.6. The van der Waals surface area contributed by atoms with Gasteiger partial charge in [-0.25, -0.2) is 4.79 Å². The molecule has 0 aromatic heterocycles. The molecule has 122 valence electrons. The highest BCUT2D eigenvalue weighted by Crippen LogP contribution is 2.34. The molecule has 0 saturated carbocycles. The third-order valence-electron chi connectivity index (χ3n) is 3.46. The van der Waals surface area contributed by atoms with E-state index in [1.165, 1.54) is 0 Å². The van der Waals surface area contributed by atoms with Crippen LogP contribution in [0.2, 0.25) is 5.02 Å². The second-order valence-electron chi connectivity index (χ2n) is 4.79. The first-order valence-electron chi connectivity index (χ1n) is 7.05. The summed E-state index contributed by atoms with van der Waals surface area (Å²) in [4.78, 5) is 11.8. The van der Waals surface area contributed by atoms with Crippen LogP contribution in [-0.2, 0) is 0 Å². The van der Waals surface area contributed by atoms with Crippen LogP contribution in [0.25, 0.3) is 0 Å². The number of nitrogens with one attached hydrogen (secondary N) is 2. The Kier molecular flexibility index (Phi) is 5.71. The number of amides is 2. The van der Waals surface area contributed by atoms with Gasteiger partial charge in [0, 0.05) is 12.1 Å². The molecule has 0 aliphatic rings. The van der Waals surface area contributed by atoms with Crippen molar-refractivity contribution in [2.45, 2.75) is 6.04 Å². The lowest BCUT2D eigenvalue weighted by Gasteiger charge is -2.21. The predicted octanol–water partition coefficient (Wildman–Crippen LogP) is 3.38. The zero-order valence-corrected chi connectivity index (χ0v) is 14.0. The third-order valence-corrected chi connectivity index (χ3v) is 3.80. The standard InChI is InChI=1S/C17H19ClN2O3/c1-19-17(21)20-16(12-6-4-5-7-13(12)18)11-8-9-14(22-2)15(10-11)23-3/h4-10,16H,1-3H3,(H2,19,20,21)/t16-/m1/s1. The summed E-state index contributed by atoms with van der Waals surface area (Å²) in [6.07, 6.45) is 0. The molecule has 2 rings (SSSR count). The van der Waals surface area contributed by atoms with E-state index in [4.69, 9.17) is 21.1 Å². The first-order valence-corrected chi connectivity index (χ1v) is 7.43. The lowest BCUT2D eigenvalue weighted by atomic mass is 9.98.